The molecule has 1 aromatic carbocycles. The van der Waals surface area contributed by atoms with E-state index in [1.165, 1.54) is 0 Å². The van der Waals surface area contributed by atoms with Crippen LogP contribution in [0.4, 0.5) is 0 Å². The Morgan fingerprint density at radius 2 is 1.96 bits per heavy atom. The molecule has 0 bridgehead atoms. The highest BCUT2D eigenvalue weighted by atomic mass is 16.3. The number of aliphatic hydroxyl groups is 1. The first kappa shape index (κ1) is 16.9. The van der Waals surface area contributed by atoms with E-state index in [1.54, 1.807) is 41.5 Å². The van der Waals surface area contributed by atoms with Crippen LogP contribution in [-0.2, 0) is 0 Å². The molecular weight excluding hydrogens is 316 g/mol. The highest BCUT2D eigenvalue weighted by Crippen LogP contribution is 2.18. The Morgan fingerprint density at radius 3 is 2.68 bits per heavy atom. The first-order valence-electron chi connectivity index (χ1n) is 8.18. The number of aromatic nitrogens is 3. The third kappa shape index (κ3) is 4.10. The second-order valence-corrected chi connectivity index (χ2v) is 5.66. The maximum absolute atomic E-state index is 12.6. The average molecular weight is 336 g/mol. The molecule has 0 fully saturated rings. The number of carbonyl (C=O) groups excluding carboxylic acids is 1. The zero-order valence-corrected chi connectivity index (χ0v) is 13.7. The Labute approximate surface area is 146 Å². The normalized spacial score (nSPS) is 11.9. The van der Waals surface area contributed by atoms with Crippen molar-refractivity contribution >= 4 is 5.91 Å². The van der Waals surface area contributed by atoms with Crippen LogP contribution >= 0.6 is 0 Å². The van der Waals surface area contributed by atoms with Gasteiger partial charge in [0.1, 0.15) is 0 Å². The summed E-state index contributed by atoms with van der Waals surface area (Å²) in [5, 5.41) is 16.4. The fourth-order valence-electron chi connectivity index (χ4n) is 2.73. The van der Waals surface area contributed by atoms with Gasteiger partial charge in [-0.15, -0.1) is 0 Å². The number of aliphatic hydroxyl groups excluding tert-OH is 1. The maximum Gasteiger partial charge on any atom is 0.255 e. The van der Waals surface area contributed by atoms with Gasteiger partial charge < -0.3 is 10.4 Å². The Kier molecular flexibility index (Phi) is 5.53. The van der Waals surface area contributed by atoms with Crippen molar-refractivity contribution in [3.8, 4) is 5.82 Å². The van der Waals surface area contributed by atoms with Gasteiger partial charge in [0, 0.05) is 37.7 Å². The number of benzene rings is 1. The second-order valence-electron chi connectivity index (χ2n) is 5.66. The van der Waals surface area contributed by atoms with Crippen LogP contribution in [0.3, 0.4) is 0 Å². The molecule has 0 aliphatic carbocycles. The lowest BCUT2D eigenvalue weighted by molar-refractivity contribution is 0.0949. The Balaban J connectivity index is 1.74. The topological polar surface area (TPSA) is 80.0 Å². The van der Waals surface area contributed by atoms with E-state index in [0.29, 0.717) is 24.3 Å². The Morgan fingerprint density at radius 1 is 1.12 bits per heavy atom. The van der Waals surface area contributed by atoms with E-state index in [4.69, 9.17) is 0 Å². The van der Waals surface area contributed by atoms with Crippen molar-refractivity contribution in [1.82, 2.24) is 20.1 Å². The molecule has 0 saturated heterocycles. The number of hydrogen-bond acceptors (Lipinski definition) is 4. The van der Waals surface area contributed by atoms with Crippen LogP contribution < -0.4 is 5.32 Å². The number of nitrogens with one attached hydrogen (secondary N) is 1. The van der Waals surface area contributed by atoms with Gasteiger partial charge in [0.25, 0.3) is 5.91 Å². The van der Waals surface area contributed by atoms with Gasteiger partial charge in [-0.2, -0.15) is 5.10 Å². The molecule has 0 spiro atoms. The quantitative estimate of drug-likeness (QED) is 0.693. The predicted molar refractivity (Wildman–Crippen MR) is 94.6 cm³/mol. The number of amides is 1. The van der Waals surface area contributed by atoms with Gasteiger partial charge in [-0.3, -0.25) is 4.79 Å². The van der Waals surface area contributed by atoms with Crippen molar-refractivity contribution in [1.29, 1.82) is 0 Å². The second kappa shape index (κ2) is 8.21. The number of carbonyl (C=O) groups is 1. The van der Waals surface area contributed by atoms with E-state index in [-0.39, 0.29) is 18.4 Å². The summed E-state index contributed by atoms with van der Waals surface area (Å²) >= 11 is 0. The number of nitrogens with zero attached hydrogens (tertiary/aromatic N) is 3. The first-order chi connectivity index (χ1) is 12.3. The maximum atomic E-state index is 12.6. The van der Waals surface area contributed by atoms with Crippen molar-refractivity contribution in [2.75, 3.05) is 13.2 Å². The zero-order valence-electron chi connectivity index (χ0n) is 13.7. The lowest BCUT2D eigenvalue weighted by atomic mass is 9.96. The molecule has 3 aromatic rings. The first-order valence-corrected chi connectivity index (χ1v) is 8.18. The molecule has 2 aromatic heterocycles. The molecule has 1 amide bonds. The Hall–Kier alpha value is -2.99. The van der Waals surface area contributed by atoms with E-state index >= 15 is 0 Å². The molecule has 0 aliphatic rings. The van der Waals surface area contributed by atoms with Crippen molar-refractivity contribution in [3.05, 3.63) is 78.2 Å². The SMILES string of the molecule is O=C(NCC(CCO)c1ccccc1)c1cccnc1-n1cccn1. The number of pyridine rings is 1. The van der Waals surface area contributed by atoms with Crippen LogP contribution in [0.5, 0.6) is 0 Å². The molecule has 0 saturated carbocycles. The molecule has 6 heteroatoms. The summed E-state index contributed by atoms with van der Waals surface area (Å²) < 4.78 is 1.57. The molecule has 2 N–H and O–H groups in total. The van der Waals surface area contributed by atoms with Gasteiger partial charge in [-0.25, -0.2) is 9.67 Å². The molecule has 1 atom stereocenters. The largest absolute Gasteiger partial charge is 0.396 e. The highest BCUT2D eigenvalue weighted by molar-refractivity contribution is 5.97. The summed E-state index contributed by atoms with van der Waals surface area (Å²) in [6, 6.07) is 15.1. The van der Waals surface area contributed by atoms with Gasteiger partial charge in [0.05, 0.1) is 5.56 Å². The molecule has 3 rings (SSSR count). The predicted octanol–water partition coefficient (Wildman–Crippen LogP) is 2.16. The van der Waals surface area contributed by atoms with Gasteiger partial charge in [0.15, 0.2) is 5.82 Å². The van der Waals surface area contributed by atoms with E-state index in [9.17, 15) is 9.90 Å². The molecule has 6 nitrogen and oxygen atoms in total. The minimum absolute atomic E-state index is 0.0555. The van der Waals surface area contributed by atoms with Gasteiger partial charge in [-0.05, 0) is 30.2 Å². The minimum Gasteiger partial charge on any atom is -0.396 e. The third-order valence-electron chi connectivity index (χ3n) is 4.01. The average Bonchev–Trinajstić information content (AvgIpc) is 3.20. The molecular formula is C19H20N4O2. The standard InChI is InChI=1S/C19H20N4O2/c24-13-9-16(15-6-2-1-3-7-15)14-21-19(25)17-8-4-10-20-18(17)23-12-5-11-22-23/h1-8,10-12,16,24H,9,13-14H2,(H,21,25). The van der Waals surface area contributed by atoms with Crippen LogP contribution in [0.15, 0.2) is 67.1 Å². The molecule has 128 valence electrons. The Bertz CT molecular complexity index is 803. The van der Waals surface area contributed by atoms with Gasteiger partial charge in [-0.1, -0.05) is 30.3 Å². The van der Waals surface area contributed by atoms with Crippen LogP contribution in [0.25, 0.3) is 5.82 Å². The van der Waals surface area contributed by atoms with Crippen LogP contribution in [-0.4, -0.2) is 38.9 Å². The summed E-state index contributed by atoms with van der Waals surface area (Å²) in [4.78, 5) is 16.9. The lowest BCUT2D eigenvalue weighted by Crippen LogP contribution is -2.30. The van der Waals surface area contributed by atoms with Gasteiger partial charge >= 0.3 is 0 Å². The van der Waals surface area contributed by atoms with Crippen molar-refractivity contribution in [2.45, 2.75) is 12.3 Å². The monoisotopic (exact) mass is 336 g/mol. The molecule has 0 aliphatic heterocycles. The smallest absolute Gasteiger partial charge is 0.255 e. The van der Waals surface area contributed by atoms with Crippen molar-refractivity contribution < 1.29 is 9.90 Å². The third-order valence-corrected chi connectivity index (χ3v) is 4.01. The van der Waals surface area contributed by atoms with Crippen molar-refractivity contribution in [3.63, 3.8) is 0 Å². The van der Waals surface area contributed by atoms with Crippen LogP contribution in [0.1, 0.15) is 28.3 Å². The lowest BCUT2D eigenvalue weighted by Gasteiger charge is -2.17. The van der Waals surface area contributed by atoms with Crippen LogP contribution in [0, 0.1) is 0 Å². The van der Waals surface area contributed by atoms with E-state index < -0.39 is 0 Å². The summed E-state index contributed by atoms with van der Waals surface area (Å²) in [6.07, 6.45) is 5.61. The van der Waals surface area contributed by atoms with E-state index in [0.717, 1.165) is 5.56 Å². The van der Waals surface area contributed by atoms with Gasteiger partial charge in [0.2, 0.25) is 0 Å². The highest BCUT2D eigenvalue weighted by Gasteiger charge is 2.17. The summed E-state index contributed by atoms with van der Waals surface area (Å²) in [5.74, 6) is 0.334. The summed E-state index contributed by atoms with van der Waals surface area (Å²) in [6.45, 7) is 0.512. The fraction of sp³-hybridized carbons (Fsp3) is 0.211. The van der Waals surface area contributed by atoms with E-state index in [1.807, 2.05) is 30.3 Å². The molecule has 2 heterocycles. The zero-order chi connectivity index (χ0) is 17.5. The molecule has 25 heavy (non-hydrogen) atoms. The number of rotatable bonds is 7. The van der Waals surface area contributed by atoms with E-state index in [2.05, 4.69) is 15.4 Å². The molecule has 1 unspecified atom stereocenters. The number of hydrogen-bond donors (Lipinski definition) is 2. The summed E-state index contributed by atoms with van der Waals surface area (Å²) in [5.41, 5.74) is 1.55. The minimum atomic E-state index is -0.211. The van der Waals surface area contributed by atoms with Crippen molar-refractivity contribution in [2.24, 2.45) is 0 Å². The fourth-order valence-corrected chi connectivity index (χ4v) is 2.73. The van der Waals surface area contributed by atoms with Crippen LogP contribution in [0.2, 0.25) is 0 Å². The summed E-state index contributed by atoms with van der Waals surface area (Å²) in [7, 11) is 0. The molecule has 0 radical (unpaired) electrons.